The lowest BCUT2D eigenvalue weighted by Crippen LogP contribution is -2.33. The molecule has 2 aromatic rings. The van der Waals surface area contributed by atoms with Gasteiger partial charge in [-0.05, 0) is 5.56 Å². The summed E-state index contributed by atoms with van der Waals surface area (Å²) in [5, 5.41) is 10.5. The molecule has 0 radical (unpaired) electrons. The van der Waals surface area contributed by atoms with Crippen molar-refractivity contribution in [1.82, 2.24) is 20.4 Å². The molecule has 2 heterocycles. The van der Waals surface area contributed by atoms with Crippen molar-refractivity contribution in [1.29, 1.82) is 0 Å². The van der Waals surface area contributed by atoms with Crippen LogP contribution < -0.4 is 5.32 Å². The molecule has 0 unspecified atom stereocenters. The van der Waals surface area contributed by atoms with Gasteiger partial charge in [0, 0.05) is 43.9 Å². The van der Waals surface area contributed by atoms with E-state index in [1.807, 2.05) is 30.3 Å². The number of hydrogen-bond donors (Lipinski definition) is 2. The van der Waals surface area contributed by atoms with Crippen LogP contribution in [0.25, 0.3) is 0 Å². The minimum absolute atomic E-state index is 0. The van der Waals surface area contributed by atoms with Crippen molar-refractivity contribution >= 4 is 18.3 Å². The average molecular weight is 333 g/mol. The van der Waals surface area contributed by atoms with Crippen LogP contribution in [0.3, 0.4) is 0 Å². The third-order valence-electron chi connectivity index (χ3n) is 3.86. The van der Waals surface area contributed by atoms with E-state index in [2.05, 4.69) is 22.1 Å². The first-order valence-corrected chi connectivity index (χ1v) is 7.50. The van der Waals surface area contributed by atoms with E-state index in [1.165, 1.54) is 0 Å². The Bertz CT molecular complexity index is 668. The lowest BCUT2D eigenvalue weighted by atomic mass is 10.1. The molecule has 1 aromatic heterocycles. The van der Waals surface area contributed by atoms with E-state index >= 15 is 0 Å². The Labute approximate surface area is 142 Å². The zero-order valence-corrected chi connectivity index (χ0v) is 13.7. The first-order chi connectivity index (χ1) is 10.8. The zero-order valence-electron chi connectivity index (χ0n) is 12.9. The highest BCUT2D eigenvalue weighted by atomic mass is 35.5. The molecule has 5 nitrogen and oxygen atoms in total. The van der Waals surface area contributed by atoms with Crippen LogP contribution in [0.15, 0.2) is 43.0 Å². The second kappa shape index (κ2) is 7.94. The van der Waals surface area contributed by atoms with E-state index in [-0.39, 0.29) is 18.3 Å². The zero-order chi connectivity index (χ0) is 15.4. The van der Waals surface area contributed by atoms with Crippen LogP contribution in [0.5, 0.6) is 0 Å². The van der Waals surface area contributed by atoms with Gasteiger partial charge in [-0.15, -0.1) is 19.0 Å². The van der Waals surface area contributed by atoms with Gasteiger partial charge in [0.05, 0.1) is 0 Å². The van der Waals surface area contributed by atoms with Crippen molar-refractivity contribution in [2.24, 2.45) is 0 Å². The van der Waals surface area contributed by atoms with Gasteiger partial charge in [-0.3, -0.25) is 9.89 Å². The highest BCUT2D eigenvalue weighted by molar-refractivity contribution is 5.94. The molecular weight excluding hydrogens is 312 g/mol. The number of hydrogen-bond acceptors (Lipinski definition) is 3. The van der Waals surface area contributed by atoms with Crippen molar-refractivity contribution in [2.45, 2.75) is 19.5 Å². The largest absolute Gasteiger partial charge is 0.329 e. The van der Waals surface area contributed by atoms with E-state index in [0.717, 1.165) is 29.8 Å². The number of nitrogens with one attached hydrogen (secondary N) is 2. The predicted molar refractivity (Wildman–Crippen MR) is 92.6 cm³/mol. The fourth-order valence-electron chi connectivity index (χ4n) is 2.73. The van der Waals surface area contributed by atoms with Crippen molar-refractivity contribution < 1.29 is 4.79 Å². The predicted octanol–water partition coefficient (Wildman–Crippen LogP) is 2.31. The van der Waals surface area contributed by atoms with Gasteiger partial charge >= 0.3 is 0 Å². The summed E-state index contributed by atoms with van der Waals surface area (Å²) in [6.07, 6.45) is 2.63. The van der Waals surface area contributed by atoms with E-state index in [1.54, 1.807) is 11.0 Å². The summed E-state index contributed by atoms with van der Waals surface area (Å²) in [5.41, 5.74) is 3.69. The molecule has 0 aliphatic carbocycles. The van der Waals surface area contributed by atoms with Crippen LogP contribution in [-0.4, -0.2) is 34.1 Å². The van der Waals surface area contributed by atoms with Crippen LogP contribution in [0.4, 0.5) is 0 Å². The fourth-order valence-corrected chi connectivity index (χ4v) is 2.73. The van der Waals surface area contributed by atoms with Gasteiger partial charge < -0.3 is 10.2 Å². The molecule has 122 valence electrons. The number of amides is 1. The number of fused-ring (bicyclic) bond motifs is 1. The molecule has 0 saturated carbocycles. The van der Waals surface area contributed by atoms with Gasteiger partial charge in [0.25, 0.3) is 5.91 Å². The minimum atomic E-state index is -0.0510. The molecule has 0 fully saturated rings. The molecule has 0 saturated heterocycles. The number of halogens is 1. The Morgan fingerprint density at radius 3 is 2.87 bits per heavy atom. The molecule has 6 heteroatoms. The molecule has 0 bridgehead atoms. The Morgan fingerprint density at radius 1 is 1.35 bits per heavy atom. The molecule has 2 N–H and O–H groups in total. The maximum absolute atomic E-state index is 12.8. The highest BCUT2D eigenvalue weighted by Crippen LogP contribution is 2.18. The summed E-state index contributed by atoms with van der Waals surface area (Å²) < 4.78 is 0. The summed E-state index contributed by atoms with van der Waals surface area (Å²) in [5.74, 6) is -0.0510. The Kier molecular flexibility index (Phi) is 5.96. The van der Waals surface area contributed by atoms with Crippen molar-refractivity contribution in [3.05, 3.63) is 65.5 Å². The van der Waals surface area contributed by atoms with Gasteiger partial charge in [0.2, 0.25) is 0 Å². The third-order valence-corrected chi connectivity index (χ3v) is 3.86. The number of aromatic nitrogens is 2. The van der Waals surface area contributed by atoms with Gasteiger partial charge in [0.15, 0.2) is 5.69 Å². The molecular formula is C17H21ClN4O. The van der Waals surface area contributed by atoms with Crippen LogP contribution in [0, 0.1) is 0 Å². The SMILES string of the molecule is C=CCN(Cc1ccccc1)C(=O)c1n[nH]c2c1CNCC2.Cl. The van der Waals surface area contributed by atoms with Crippen molar-refractivity contribution in [3.8, 4) is 0 Å². The number of aromatic amines is 1. The second-order valence-corrected chi connectivity index (χ2v) is 5.42. The Balaban J connectivity index is 0.00000192. The standard InChI is InChI=1S/C17H20N4O.ClH/c1-2-10-21(12-13-6-4-3-5-7-13)17(22)16-14-11-18-9-8-15(14)19-20-16;/h2-7,18H,1,8-12H2,(H,19,20);1H. The summed E-state index contributed by atoms with van der Waals surface area (Å²) >= 11 is 0. The first-order valence-electron chi connectivity index (χ1n) is 7.50. The van der Waals surface area contributed by atoms with E-state index in [0.29, 0.717) is 25.3 Å². The molecule has 23 heavy (non-hydrogen) atoms. The smallest absolute Gasteiger partial charge is 0.275 e. The van der Waals surface area contributed by atoms with E-state index < -0.39 is 0 Å². The molecule has 1 amide bonds. The minimum Gasteiger partial charge on any atom is -0.329 e. The lowest BCUT2D eigenvalue weighted by molar-refractivity contribution is 0.0755. The van der Waals surface area contributed by atoms with Crippen molar-refractivity contribution in [2.75, 3.05) is 13.1 Å². The molecule has 0 spiro atoms. The number of H-pyrrole nitrogens is 1. The van der Waals surface area contributed by atoms with Gasteiger partial charge in [-0.1, -0.05) is 36.4 Å². The highest BCUT2D eigenvalue weighted by Gasteiger charge is 2.25. The van der Waals surface area contributed by atoms with E-state index in [4.69, 9.17) is 0 Å². The Morgan fingerprint density at radius 2 is 2.13 bits per heavy atom. The first kappa shape index (κ1) is 17.2. The summed E-state index contributed by atoms with van der Waals surface area (Å²) in [6.45, 7) is 6.43. The number of carbonyl (C=O) groups is 1. The van der Waals surface area contributed by atoms with Crippen LogP contribution in [-0.2, 0) is 19.5 Å². The molecule has 1 aliphatic heterocycles. The monoisotopic (exact) mass is 332 g/mol. The molecule has 0 atom stereocenters. The molecule has 1 aliphatic rings. The third kappa shape index (κ3) is 3.81. The average Bonchev–Trinajstić information content (AvgIpc) is 2.99. The van der Waals surface area contributed by atoms with Crippen LogP contribution in [0.1, 0.15) is 27.3 Å². The molecule has 1 aromatic carbocycles. The number of nitrogens with zero attached hydrogens (tertiary/aromatic N) is 2. The normalized spacial score (nSPS) is 12.9. The van der Waals surface area contributed by atoms with Gasteiger partial charge in [-0.2, -0.15) is 5.10 Å². The summed E-state index contributed by atoms with van der Waals surface area (Å²) in [4.78, 5) is 14.6. The van der Waals surface area contributed by atoms with Gasteiger partial charge in [0.1, 0.15) is 0 Å². The fraction of sp³-hybridized carbons (Fsp3) is 0.294. The van der Waals surface area contributed by atoms with Crippen molar-refractivity contribution in [3.63, 3.8) is 0 Å². The lowest BCUT2D eigenvalue weighted by Gasteiger charge is -2.21. The summed E-state index contributed by atoms with van der Waals surface area (Å²) in [7, 11) is 0. The number of carbonyl (C=O) groups excluding carboxylic acids is 1. The van der Waals surface area contributed by atoms with E-state index in [9.17, 15) is 4.79 Å². The summed E-state index contributed by atoms with van der Waals surface area (Å²) in [6, 6.07) is 9.97. The number of rotatable bonds is 5. The molecule has 3 rings (SSSR count). The second-order valence-electron chi connectivity index (χ2n) is 5.42. The number of benzene rings is 1. The van der Waals surface area contributed by atoms with Gasteiger partial charge in [-0.25, -0.2) is 0 Å². The maximum Gasteiger partial charge on any atom is 0.275 e. The maximum atomic E-state index is 12.8. The Hall–Kier alpha value is -2.11. The van der Waals surface area contributed by atoms with Crippen LogP contribution in [0.2, 0.25) is 0 Å². The van der Waals surface area contributed by atoms with Crippen LogP contribution >= 0.6 is 12.4 Å². The topological polar surface area (TPSA) is 61.0 Å². The quantitative estimate of drug-likeness (QED) is 0.826.